The lowest BCUT2D eigenvalue weighted by atomic mass is 10.0. The molecule has 40 heavy (non-hydrogen) atoms. The van der Waals surface area contributed by atoms with Crippen LogP contribution in [0.25, 0.3) is 0 Å². The van der Waals surface area contributed by atoms with E-state index >= 15 is 0 Å². The summed E-state index contributed by atoms with van der Waals surface area (Å²) in [6.07, 6.45) is -4.12. The van der Waals surface area contributed by atoms with Gasteiger partial charge in [-0.25, -0.2) is 12.8 Å². The fraction of sp³-hybridized carbons (Fsp3) is 0.259. The zero-order valence-corrected chi connectivity index (χ0v) is 23.0. The molecule has 0 heterocycles. The minimum Gasteiger partial charge on any atom is -0.357 e. The molecule has 214 valence electrons. The molecule has 0 aromatic heterocycles. The van der Waals surface area contributed by atoms with E-state index in [2.05, 4.69) is 5.32 Å². The van der Waals surface area contributed by atoms with Crippen LogP contribution in [0.15, 0.2) is 72.8 Å². The van der Waals surface area contributed by atoms with E-state index in [1.165, 1.54) is 25.2 Å². The molecule has 1 atom stereocenters. The van der Waals surface area contributed by atoms with Crippen molar-refractivity contribution in [2.75, 3.05) is 24.2 Å². The van der Waals surface area contributed by atoms with Crippen molar-refractivity contribution in [3.8, 4) is 0 Å². The third-order valence-electron chi connectivity index (χ3n) is 6.04. The molecule has 0 spiro atoms. The largest absolute Gasteiger partial charge is 0.416 e. The molecule has 7 nitrogen and oxygen atoms in total. The number of carbonyl (C=O) groups is 2. The Morgan fingerprint density at radius 1 is 1.00 bits per heavy atom. The second kappa shape index (κ2) is 12.7. The van der Waals surface area contributed by atoms with Gasteiger partial charge in [-0.2, -0.15) is 13.2 Å². The highest BCUT2D eigenvalue weighted by atomic mass is 35.5. The molecule has 3 aromatic carbocycles. The maximum absolute atomic E-state index is 14.6. The molecule has 3 aromatic rings. The topological polar surface area (TPSA) is 86.8 Å². The van der Waals surface area contributed by atoms with Crippen LogP contribution in [0.4, 0.5) is 23.2 Å². The average molecular weight is 600 g/mol. The van der Waals surface area contributed by atoms with Crippen molar-refractivity contribution in [2.45, 2.75) is 25.2 Å². The Hall–Kier alpha value is -3.64. The summed E-state index contributed by atoms with van der Waals surface area (Å²) in [5.41, 5.74) is -1.05. The summed E-state index contributed by atoms with van der Waals surface area (Å²) >= 11 is 6.09. The van der Waals surface area contributed by atoms with E-state index in [0.717, 1.165) is 17.0 Å². The summed E-state index contributed by atoms with van der Waals surface area (Å²) in [6.45, 7) is -1.43. The van der Waals surface area contributed by atoms with E-state index in [4.69, 9.17) is 11.6 Å². The Morgan fingerprint density at radius 2 is 1.62 bits per heavy atom. The van der Waals surface area contributed by atoms with Crippen LogP contribution < -0.4 is 9.62 Å². The summed E-state index contributed by atoms with van der Waals surface area (Å²) < 4.78 is 80.8. The Morgan fingerprint density at radius 3 is 2.20 bits per heavy atom. The highest BCUT2D eigenvalue weighted by Gasteiger charge is 2.35. The number of anilines is 1. The molecule has 0 saturated heterocycles. The molecule has 13 heteroatoms. The van der Waals surface area contributed by atoms with Crippen molar-refractivity contribution in [1.29, 1.82) is 0 Å². The lowest BCUT2D eigenvalue weighted by Crippen LogP contribution is -2.53. The summed E-state index contributed by atoms with van der Waals surface area (Å²) in [7, 11) is -3.02. The van der Waals surface area contributed by atoms with Gasteiger partial charge in [-0.15, -0.1) is 0 Å². The first-order valence-electron chi connectivity index (χ1n) is 11.8. The number of nitrogens with zero attached hydrogens (tertiary/aromatic N) is 2. The summed E-state index contributed by atoms with van der Waals surface area (Å²) in [5.74, 6) is -2.25. The normalized spacial score (nSPS) is 12.5. The van der Waals surface area contributed by atoms with Gasteiger partial charge in [0.2, 0.25) is 21.8 Å². The van der Waals surface area contributed by atoms with Gasteiger partial charge in [0.05, 0.1) is 22.5 Å². The van der Waals surface area contributed by atoms with Crippen LogP contribution >= 0.6 is 11.6 Å². The number of benzene rings is 3. The van der Waals surface area contributed by atoms with Crippen molar-refractivity contribution in [2.24, 2.45) is 0 Å². The zero-order valence-electron chi connectivity index (χ0n) is 21.5. The van der Waals surface area contributed by atoms with Crippen molar-refractivity contribution in [1.82, 2.24) is 10.2 Å². The van der Waals surface area contributed by atoms with Crippen LogP contribution in [0.1, 0.15) is 16.7 Å². The van der Waals surface area contributed by atoms with E-state index in [0.29, 0.717) is 28.3 Å². The standard InChI is InChI=1S/C27H26ClF4N3O4S/c1-33-26(37)24(14-18-8-4-3-5-9-18)34(16-19-10-6-7-11-22(19)29)25(36)17-35(40(2,38)39)23-15-20(27(30,31)32)12-13-21(23)28/h3-13,15,24H,14,16-17H2,1-2H3,(H,33,37). The first-order chi connectivity index (χ1) is 18.7. The second-order valence-electron chi connectivity index (χ2n) is 8.87. The van der Waals surface area contributed by atoms with E-state index < -0.39 is 64.2 Å². The molecular formula is C27H26ClF4N3O4S. The molecule has 0 aliphatic rings. The van der Waals surface area contributed by atoms with Crippen LogP contribution in [0.2, 0.25) is 5.02 Å². The SMILES string of the molecule is CNC(=O)C(Cc1ccccc1)N(Cc1ccccc1F)C(=O)CN(c1cc(C(F)(F)F)ccc1Cl)S(C)(=O)=O. The van der Waals surface area contributed by atoms with Gasteiger partial charge in [-0.05, 0) is 29.8 Å². The van der Waals surface area contributed by atoms with E-state index in [1.54, 1.807) is 30.3 Å². The van der Waals surface area contributed by atoms with Gasteiger partial charge in [0.1, 0.15) is 18.4 Å². The first-order valence-corrected chi connectivity index (χ1v) is 14.1. The molecule has 2 amide bonds. The molecule has 3 rings (SSSR count). The Balaban J connectivity index is 2.10. The number of carbonyl (C=O) groups excluding carboxylic acids is 2. The van der Waals surface area contributed by atoms with Gasteiger partial charge in [0, 0.05) is 25.6 Å². The Labute approximate surface area is 234 Å². The number of rotatable bonds is 10. The van der Waals surface area contributed by atoms with Crippen LogP contribution in [0, 0.1) is 5.82 Å². The number of halogens is 5. The number of sulfonamides is 1. The van der Waals surface area contributed by atoms with Crippen molar-refractivity contribution in [3.05, 3.63) is 100 Å². The molecule has 0 aliphatic carbocycles. The molecule has 0 aliphatic heterocycles. The summed E-state index contributed by atoms with van der Waals surface area (Å²) in [4.78, 5) is 27.8. The number of alkyl halides is 3. The predicted molar refractivity (Wildman–Crippen MR) is 144 cm³/mol. The number of hydrogen-bond donors (Lipinski definition) is 1. The van der Waals surface area contributed by atoms with E-state index in [1.807, 2.05) is 0 Å². The molecule has 0 saturated carbocycles. The highest BCUT2D eigenvalue weighted by Crippen LogP contribution is 2.36. The van der Waals surface area contributed by atoms with E-state index in [-0.39, 0.29) is 17.0 Å². The number of amides is 2. The van der Waals surface area contributed by atoms with Crippen molar-refractivity contribution >= 4 is 39.1 Å². The predicted octanol–water partition coefficient (Wildman–Crippen LogP) is 4.65. The molecule has 0 radical (unpaired) electrons. The summed E-state index contributed by atoms with van der Waals surface area (Å²) in [6, 6.07) is 15.0. The third kappa shape index (κ3) is 7.72. The molecule has 1 unspecified atom stereocenters. The van der Waals surface area contributed by atoms with Gasteiger partial charge in [0.25, 0.3) is 0 Å². The number of hydrogen-bond acceptors (Lipinski definition) is 4. The first kappa shape index (κ1) is 30.9. The minimum absolute atomic E-state index is 0.0100. The molecule has 0 fully saturated rings. The monoisotopic (exact) mass is 599 g/mol. The smallest absolute Gasteiger partial charge is 0.357 e. The number of nitrogens with one attached hydrogen (secondary N) is 1. The van der Waals surface area contributed by atoms with Crippen LogP contribution in [-0.4, -0.2) is 51.0 Å². The van der Waals surface area contributed by atoms with Gasteiger partial charge in [0.15, 0.2) is 0 Å². The van der Waals surface area contributed by atoms with Crippen LogP contribution in [0.3, 0.4) is 0 Å². The van der Waals surface area contributed by atoms with Crippen molar-refractivity contribution < 1.29 is 35.6 Å². The van der Waals surface area contributed by atoms with Gasteiger partial charge < -0.3 is 10.2 Å². The number of likely N-dealkylation sites (N-methyl/N-ethyl adjacent to an activating group) is 1. The third-order valence-corrected chi connectivity index (χ3v) is 7.48. The van der Waals surface area contributed by atoms with Gasteiger partial charge in [-0.3, -0.25) is 13.9 Å². The Bertz CT molecular complexity index is 1470. The van der Waals surface area contributed by atoms with Crippen LogP contribution in [0.5, 0.6) is 0 Å². The van der Waals surface area contributed by atoms with Crippen LogP contribution in [-0.2, 0) is 38.8 Å². The van der Waals surface area contributed by atoms with E-state index in [9.17, 15) is 35.6 Å². The average Bonchev–Trinajstić information content (AvgIpc) is 2.89. The van der Waals surface area contributed by atoms with Gasteiger partial charge in [-0.1, -0.05) is 60.1 Å². The fourth-order valence-corrected chi connectivity index (χ4v) is 5.13. The fourth-order valence-electron chi connectivity index (χ4n) is 4.01. The second-order valence-corrected chi connectivity index (χ2v) is 11.2. The molecular weight excluding hydrogens is 574 g/mol. The van der Waals surface area contributed by atoms with Gasteiger partial charge >= 0.3 is 6.18 Å². The lowest BCUT2D eigenvalue weighted by Gasteiger charge is -2.33. The minimum atomic E-state index is -4.82. The quantitative estimate of drug-likeness (QED) is 0.344. The Kier molecular flexibility index (Phi) is 9.80. The maximum atomic E-state index is 14.6. The van der Waals surface area contributed by atoms with Crippen molar-refractivity contribution in [3.63, 3.8) is 0 Å². The highest BCUT2D eigenvalue weighted by molar-refractivity contribution is 7.92. The maximum Gasteiger partial charge on any atom is 0.416 e. The molecule has 1 N–H and O–H groups in total. The molecule has 0 bridgehead atoms. The summed E-state index contributed by atoms with van der Waals surface area (Å²) in [5, 5.41) is 2.12. The zero-order chi connectivity index (χ0) is 29.7. The lowest BCUT2D eigenvalue weighted by molar-refractivity contribution is -0.139.